The Morgan fingerprint density at radius 1 is 1.07 bits per heavy atom. The molecule has 0 saturated carbocycles. The van der Waals surface area contributed by atoms with Gasteiger partial charge in [-0.1, -0.05) is 25.1 Å². The average Bonchev–Trinajstić information content (AvgIpc) is 2.67. The molecule has 142 valence electrons. The smallest absolute Gasteiger partial charge is 0.259 e. The lowest BCUT2D eigenvalue weighted by molar-refractivity contribution is -0.00546. The highest BCUT2D eigenvalue weighted by molar-refractivity contribution is 6.06. The number of ether oxygens (including phenoxy) is 1. The average molecular weight is 365 g/mol. The first-order valence-electron chi connectivity index (χ1n) is 9.80. The maximum atomic E-state index is 13.1. The molecule has 2 aliphatic heterocycles. The number of fused-ring (bicyclic) bond motifs is 1. The van der Waals surface area contributed by atoms with Crippen LogP contribution in [0.3, 0.4) is 0 Å². The minimum absolute atomic E-state index is 0.0251. The summed E-state index contributed by atoms with van der Waals surface area (Å²) in [5, 5.41) is 0. The summed E-state index contributed by atoms with van der Waals surface area (Å²) in [6.07, 6.45) is 3.06. The molecule has 0 unspecified atom stereocenters. The van der Waals surface area contributed by atoms with Crippen LogP contribution in [0.1, 0.15) is 49.0 Å². The molecule has 1 fully saturated rings. The Morgan fingerprint density at radius 3 is 2.52 bits per heavy atom. The number of hydrogen-bond donors (Lipinski definition) is 0. The number of morpholine rings is 1. The molecule has 3 atom stereocenters. The number of carbonyl (C=O) groups is 1. The van der Waals surface area contributed by atoms with Crippen LogP contribution in [-0.4, -0.2) is 42.7 Å². The maximum absolute atomic E-state index is 13.1. The first kappa shape index (κ1) is 18.0. The summed E-state index contributed by atoms with van der Waals surface area (Å²) in [5.74, 6) is 1.41. The monoisotopic (exact) mass is 365 g/mol. The lowest BCUT2D eigenvalue weighted by Gasteiger charge is -2.36. The third-order valence-electron chi connectivity index (χ3n) is 5.53. The number of aromatic nitrogens is 1. The van der Waals surface area contributed by atoms with E-state index in [-0.39, 0.29) is 18.1 Å². The van der Waals surface area contributed by atoms with Crippen molar-refractivity contribution in [2.75, 3.05) is 29.4 Å². The van der Waals surface area contributed by atoms with E-state index < -0.39 is 0 Å². The van der Waals surface area contributed by atoms with Gasteiger partial charge in [-0.05, 0) is 49.9 Å². The van der Waals surface area contributed by atoms with Crippen molar-refractivity contribution in [1.29, 1.82) is 0 Å². The van der Waals surface area contributed by atoms with Crippen LogP contribution in [0, 0.1) is 0 Å². The summed E-state index contributed by atoms with van der Waals surface area (Å²) in [4.78, 5) is 21.8. The predicted molar refractivity (Wildman–Crippen MR) is 108 cm³/mol. The Labute approximate surface area is 161 Å². The third kappa shape index (κ3) is 3.56. The van der Waals surface area contributed by atoms with Gasteiger partial charge in [-0.15, -0.1) is 0 Å². The van der Waals surface area contributed by atoms with E-state index in [1.165, 1.54) is 5.56 Å². The number of carbonyl (C=O) groups excluding carboxylic acids is 1. The highest BCUT2D eigenvalue weighted by Gasteiger charge is 2.28. The van der Waals surface area contributed by atoms with Gasteiger partial charge < -0.3 is 14.5 Å². The zero-order chi connectivity index (χ0) is 19.0. The van der Waals surface area contributed by atoms with Crippen LogP contribution >= 0.6 is 0 Å². The second kappa shape index (κ2) is 7.31. The van der Waals surface area contributed by atoms with Crippen LogP contribution in [0.5, 0.6) is 0 Å². The van der Waals surface area contributed by atoms with E-state index >= 15 is 0 Å². The highest BCUT2D eigenvalue weighted by atomic mass is 16.5. The fourth-order valence-corrected chi connectivity index (χ4v) is 4.18. The molecule has 4 rings (SSSR count). The van der Waals surface area contributed by atoms with Crippen LogP contribution in [-0.2, 0) is 4.74 Å². The largest absolute Gasteiger partial charge is 0.372 e. The van der Waals surface area contributed by atoms with E-state index in [2.05, 4.69) is 36.7 Å². The standard InChI is InChI=1S/C22H27N3O2/c1-15-10-11-25(20-7-5-4-6-19(15)20)22(26)18-8-9-21(23-12-18)24-13-16(2)27-17(3)14-24/h4-9,12,15-17H,10-11,13-14H2,1-3H3/t15-,16-,17-/m1/s1. The van der Waals surface area contributed by atoms with Crippen LogP contribution in [0.4, 0.5) is 11.5 Å². The van der Waals surface area contributed by atoms with Gasteiger partial charge in [0.1, 0.15) is 5.82 Å². The third-order valence-corrected chi connectivity index (χ3v) is 5.53. The van der Waals surface area contributed by atoms with Crippen LogP contribution in [0.2, 0.25) is 0 Å². The zero-order valence-corrected chi connectivity index (χ0v) is 16.3. The lowest BCUT2D eigenvalue weighted by Crippen LogP contribution is -2.45. The molecule has 2 aliphatic rings. The van der Waals surface area contributed by atoms with Crippen molar-refractivity contribution >= 4 is 17.4 Å². The molecule has 27 heavy (non-hydrogen) atoms. The zero-order valence-electron chi connectivity index (χ0n) is 16.3. The molecule has 1 amide bonds. The van der Waals surface area contributed by atoms with E-state index in [4.69, 9.17) is 4.74 Å². The number of hydrogen-bond acceptors (Lipinski definition) is 4. The molecule has 0 bridgehead atoms. The minimum atomic E-state index is 0.0251. The number of benzene rings is 1. The van der Waals surface area contributed by atoms with E-state index in [1.807, 2.05) is 35.2 Å². The SMILES string of the molecule is C[C@@H]1CN(c2ccc(C(=O)N3CC[C@@H](C)c4ccccc43)cn2)C[C@@H](C)O1. The molecule has 1 aromatic heterocycles. The normalized spacial score (nSPS) is 25.2. The quantitative estimate of drug-likeness (QED) is 0.811. The first-order valence-corrected chi connectivity index (χ1v) is 9.80. The van der Waals surface area contributed by atoms with E-state index in [1.54, 1.807) is 6.20 Å². The van der Waals surface area contributed by atoms with Gasteiger partial charge >= 0.3 is 0 Å². The molecular formula is C22H27N3O2. The van der Waals surface area contributed by atoms with Gasteiger partial charge in [-0.3, -0.25) is 4.79 Å². The van der Waals surface area contributed by atoms with Crippen LogP contribution in [0.15, 0.2) is 42.6 Å². The fourth-order valence-electron chi connectivity index (χ4n) is 4.18. The number of para-hydroxylation sites is 1. The van der Waals surface area contributed by atoms with Gasteiger partial charge in [0.15, 0.2) is 0 Å². The summed E-state index contributed by atoms with van der Waals surface area (Å²) < 4.78 is 5.79. The van der Waals surface area contributed by atoms with E-state index in [9.17, 15) is 4.79 Å². The van der Waals surface area contributed by atoms with Crippen molar-refractivity contribution in [3.63, 3.8) is 0 Å². The number of amides is 1. The van der Waals surface area contributed by atoms with Crippen molar-refractivity contribution in [3.05, 3.63) is 53.7 Å². The Hall–Kier alpha value is -2.40. The van der Waals surface area contributed by atoms with Gasteiger partial charge in [0.2, 0.25) is 0 Å². The fraction of sp³-hybridized carbons (Fsp3) is 0.455. The minimum Gasteiger partial charge on any atom is -0.372 e. The van der Waals surface area contributed by atoms with Gasteiger partial charge in [-0.25, -0.2) is 4.98 Å². The molecule has 1 aromatic carbocycles. The number of anilines is 2. The van der Waals surface area contributed by atoms with Crippen molar-refractivity contribution in [3.8, 4) is 0 Å². The summed E-state index contributed by atoms with van der Waals surface area (Å²) in [6.45, 7) is 8.77. The molecule has 0 N–H and O–H groups in total. The topological polar surface area (TPSA) is 45.7 Å². The van der Waals surface area contributed by atoms with Crippen molar-refractivity contribution in [1.82, 2.24) is 4.98 Å². The maximum Gasteiger partial charge on any atom is 0.259 e. The molecule has 5 nitrogen and oxygen atoms in total. The molecule has 2 aromatic rings. The van der Waals surface area contributed by atoms with Gasteiger partial charge in [0.05, 0.1) is 17.8 Å². The molecule has 5 heteroatoms. The molecule has 0 spiro atoms. The summed E-state index contributed by atoms with van der Waals surface area (Å²) in [6, 6.07) is 12.1. The van der Waals surface area contributed by atoms with Crippen LogP contribution in [0.25, 0.3) is 0 Å². The first-order chi connectivity index (χ1) is 13.0. The van der Waals surface area contributed by atoms with E-state index in [0.29, 0.717) is 11.5 Å². The molecular weight excluding hydrogens is 338 g/mol. The number of rotatable bonds is 2. The van der Waals surface area contributed by atoms with Crippen LogP contribution < -0.4 is 9.80 Å². The number of pyridine rings is 1. The summed E-state index contributed by atoms with van der Waals surface area (Å²) in [5.41, 5.74) is 2.91. The predicted octanol–water partition coefficient (Wildman–Crippen LogP) is 3.85. The Bertz CT molecular complexity index is 811. The van der Waals surface area contributed by atoms with E-state index in [0.717, 1.165) is 37.6 Å². The van der Waals surface area contributed by atoms with Gasteiger partial charge in [0, 0.05) is 31.5 Å². The molecule has 0 aliphatic carbocycles. The molecule has 3 heterocycles. The van der Waals surface area contributed by atoms with Crippen molar-refractivity contribution in [2.45, 2.75) is 45.3 Å². The second-order valence-corrected chi connectivity index (χ2v) is 7.77. The Kier molecular flexibility index (Phi) is 4.87. The molecule has 0 radical (unpaired) electrons. The van der Waals surface area contributed by atoms with Gasteiger partial charge in [-0.2, -0.15) is 0 Å². The number of nitrogens with zero attached hydrogens (tertiary/aromatic N) is 3. The molecule has 1 saturated heterocycles. The summed E-state index contributed by atoms with van der Waals surface area (Å²) >= 11 is 0. The highest BCUT2D eigenvalue weighted by Crippen LogP contribution is 2.35. The Balaban J connectivity index is 1.54. The van der Waals surface area contributed by atoms with Gasteiger partial charge in [0.25, 0.3) is 5.91 Å². The summed E-state index contributed by atoms with van der Waals surface area (Å²) in [7, 11) is 0. The Morgan fingerprint density at radius 2 is 1.81 bits per heavy atom. The van der Waals surface area contributed by atoms with Crippen molar-refractivity contribution in [2.24, 2.45) is 0 Å². The second-order valence-electron chi connectivity index (χ2n) is 7.77. The lowest BCUT2D eigenvalue weighted by atomic mass is 9.91. The van der Waals surface area contributed by atoms with Crippen molar-refractivity contribution < 1.29 is 9.53 Å².